The Bertz CT molecular complexity index is 270. The van der Waals surface area contributed by atoms with E-state index in [1.807, 2.05) is 6.92 Å². The number of likely N-dealkylation sites (tertiary alicyclic amines) is 1. The molecule has 0 aromatic carbocycles. The fraction of sp³-hybridized carbons (Fsp3) is 0.818. The van der Waals surface area contributed by atoms with Gasteiger partial charge in [0, 0.05) is 13.1 Å². The number of carbonyl (C=O) groups is 1. The van der Waals surface area contributed by atoms with Crippen molar-refractivity contribution in [1.29, 1.82) is 0 Å². The predicted octanol–water partition coefficient (Wildman–Crippen LogP) is 0.367. The van der Waals surface area contributed by atoms with Gasteiger partial charge in [0.1, 0.15) is 0 Å². The van der Waals surface area contributed by atoms with E-state index < -0.39 is 0 Å². The third-order valence-corrected chi connectivity index (χ3v) is 3.41. The van der Waals surface area contributed by atoms with Crippen LogP contribution in [0.5, 0.6) is 0 Å². The monoisotopic (exact) mass is 243 g/mol. The standard InChI is InChI=1S/C11H21N3OS/c1-3-9(10(12)16)11(15)13-6-8-4-5-14(2)7-8/h8-9H,3-7H2,1-2H3,(H2,12,16)(H,13,15). The van der Waals surface area contributed by atoms with Crippen LogP contribution in [0.1, 0.15) is 19.8 Å². The molecule has 1 amide bonds. The first kappa shape index (κ1) is 13.4. The van der Waals surface area contributed by atoms with Crippen molar-refractivity contribution in [2.24, 2.45) is 17.6 Å². The molecule has 0 aromatic heterocycles. The van der Waals surface area contributed by atoms with E-state index in [0.717, 1.165) is 26.1 Å². The van der Waals surface area contributed by atoms with E-state index >= 15 is 0 Å². The van der Waals surface area contributed by atoms with Crippen LogP contribution < -0.4 is 11.1 Å². The maximum atomic E-state index is 11.8. The van der Waals surface area contributed by atoms with Crippen molar-refractivity contribution in [3.8, 4) is 0 Å². The molecule has 5 heteroatoms. The van der Waals surface area contributed by atoms with Crippen LogP contribution in [0.3, 0.4) is 0 Å². The highest BCUT2D eigenvalue weighted by Gasteiger charge is 2.23. The van der Waals surface area contributed by atoms with Gasteiger partial charge in [-0.2, -0.15) is 0 Å². The summed E-state index contributed by atoms with van der Waals surface area (Å²) in [5.74, 6) is 0.233. The smallest absolute Gasteiger partial charge is 0.229 e. The summed E-state index contributed by atoms with van der Waals surface area (Å²) in [5, 5.41) is 2.94. The Morgan fingerprint density at radius 1 is 1.69 bits per heavy atom. The molecule has 0 spiro atoms. The molecule has 4 nitrogen and oxygen atoms in total. The summed E-state index contributed by atoms with van der Waals surface area (Å²) in [6.45, 7) is 4.84. The van der Waals surface area contributed by atoms with E-state index in [2.05, 4.69) is 17.3 Å². The second kappa shape index (κ2) is 6.15. The number of thiocarbonyl (C=S) groups is 1. The fourth-order valence-corrected chi connectivity index (χ4v) is 2.35. The Morgan fingerprint density at radius 3 is 2.81 bits per heavy atom. The Balaban J connectivity index is 2.31. The number of amides is 1. The Labute approximate surface area is 103 Å². The van der Waals surface area contributed by atoms with E-state index in [0.29, 0.717) is 17.3 Å². The minimum absolute atomic E-state index is 0.0236. The molecule has 1 heterocycles. The summed E-state index contributed by atoms with van der Waals surface area (Å²) < 4.78 is 0. The van der Waals surface area contributed by atoms with Crippen molar-refractivity contribution in [1.82, 2.24) is 10.2 Å². The minimum atomic E-state index is -0.311. The summed E-state index contributed by atoms with van der Waals surface area (Å²) in [4.78, 5) is 14.3. The van der Waals surface area contributed by atoms with Gasteiger partial charge in [-0.1, -0.05) is 19.1 Å². The molecule has 0 aromatic rings. The molecular formula is C11H21N3OS. The molecule has 92 valence electrons. The molecule has 0 aliphatic carbocycles. The lowest BCUT2D eigenvalue weighted by molar-refractivity contribution is -0.123. The van der Waals surface area contributed by atoms with Crippen LogP contribution >= 0.6 is 12.2 Å². The van der Waals surface area contributed by atoms with E-state index in [-0.39, 0.29) is 11.8 Å². The molecule has 0 bridgehead atoms. The SMILES string of the molecule is CCC(C(=O)NCC1CCN(C)C1)C(N)=S. The van der Waals surface area contributed by atoms with E-state index in [9.17, 15) is 4.79 Å². The maximum absolute atomic E-state index is 11.8. The number of rotatable bonds is 5. The third-order valence-electron chi connectivity index (χ3n) is 3.12. The van der Waals surface area contributed by atoms with Gasteiger partial charge >= 0.3 is 0 Å². The molecule has 3 N–H and O–H groups in total. The second-order valence-electron chi connectivity index (χ2n) is 4.53. The normalized spacial score (nSPS) is 23.0. The topological polar surface area (TPSA) is 58.4 Å². The van der Waals surface area contributed by atoms with Crippen LogP contribution in [-0.4, -0.2) is 42.5 Å². The summed E-state index contributed by atoms with van der Waals surface area (Å²) in [5.41, 5.74) is 5.52. The highest BCUT2D eigenvalue weighted by atomic mass is 32.1. The van der Waals surface area contributed by atoms with Crippen molar-refractivity contribution in [3.63, 3.8) is 0 Å². The molecule has 2 atom stereocenters. The molecule has 1 fully saturated rings. The van der Waals surface area contributed by atoms with Crippen LogP contribution in [0.25, 0.3) is 0 Å². The van der Waals surface area contributed by atoms with Gasteiger partial charge in [-0.25, -0.2) is 0 Å². The van der Waals surface area contributed by atoms with Gasteiger partial charge in [-0.05, 0) is 32.4 Å². The second-order valence-corrected chi connectivity index (χ2v) is 5.00. The van der Waals surface area contributed by atoms with Crippen molar-refractivity contribution in [2.45, 2.75) is 19.8 Å². The molecule has 1 aliphatic rings. The number of hydrogen-bond donors (Lipinski definition) is 2. The summed E-state index contributed by atoms with van der Waals surface area (Å²) in [6, 6.07) is 0. The lowest BCUT2D eigenvalue weighted by atomic mass is 10.0. The largest absolute Gasteiger partial charge is 0.393 e. The summed E-state index contributed by atoms with van der Waals surface area (Å²) in [7, 11) is 2.10. The van der Waals surface area contributed by atoms with Gasteiger partial charge in [0.25, 0.3) is 0 Å². The van der Waals surface area contributed by atoms with E-state index in [4.69, 9.17) is 18.0 Å². The maximum Gasteiger partial charge on any atom is 0.229 e. The molecule has 1 saturated heterocycles. The van der Waals surface area contributed by atoms with Gasteiger partial charge in [-0.15, -0.1) is 0 Å². The lowest BCUT2D eigenvalue weighted by Gasteiger charge is -2.16. The van der Waals surface area contributed by atoms with E-state index in [1.54, 1.807) is 0 Å². The van der Waals surface area contributed by atoms with Crippen LogP contribution in [0.4, 0.5) is 0 Å². The molecular weight excluding hydrogens is 222 g/mol. The molecule has 2 unspecified atom stereocenters. The van der Waals surface area contributed by atoms with Crippen molar-refractivity contribution in [2.75, 3.05) is 26.7 Å². The quantitative estimate of drug-likeness (QED) is 0.685. The fourth-order valence-electron chi connectivity index (χ4n) is 2.08. The molecule has 0 radical (unpaired) electrons. The third kappa shape index (κ3) is 3.72. The highest BCUT2D eigenvalue weighted by molar-refractivity contribution is 7.80. The summed E-state index contributed by atoms with van der Waals surface area (Å²) in [6.07, 6.45) is 1.83. The number of nitrogens with one attached hydrogen (secondary N) is 1. The van der Waals surface area contributed by atoms with Gasteiger partial charge in [-0.3, -0.25) is 4.79 Å². The first-order valence-electron chi connectivity index (χ1n) is 5.80. The Morgan fingerprint density at radius 2 is 2.38 bits per heavy atom. The van der Waals surface area contributed by atoms with E-state index in [1.165, 1.54) is 0 Å². The number of carbonyl (C=O) groups excluding carboxylic acids is 1. The zero-order valence-corrected chi connectivity index (χ0v) is 10.8. The minimum Gasteiger partial charge on any atom is -0.393 e. The number of nitrogens with zero attached hydrogens (tertiary/aromatic N) is 1. The molecule has 1 rings (SSSR count). The van der Waals surface area contributed by atoms with Crippen molar-refractivity contribution in [3.05, 3.63) is 0 Å². The van der Waals surface area contributed by atoms with Crippen LogP contribution in [0.2, 0.25) is 0 Å². The zero-order chi connectivity index (χ0) is 12.1. The van der Waals surface area contributed by atoms with Gasteiger partial charge < -0.3 is 16.0 Å². The van der Waals surface area contributed by atoms with Crippen molar-refractivity contribution >= 4 is 23.1 Å². The van der Waals surface area contributed by atoms with Crippen LogP contribution in [-0.2, 0) is 4.79 Å². The molecule has 16 heavy (non-hydrogen) atoms. The van der Waals surface area contributed by atoms with Crippen LogP contribution in [0, 0.1) is 11.8 Å². The van der Waals surface area contributed by atoms with Gasteiger partial charge in [0.05, 0.1) is 10.9 Å². The zero-order valence-electron chi connectivity index (χ0n) is 10.0. The number of nitrogens with two attached hydrogens (primary N) is 1. The van der Waals surface area contributed by atoms with Gasteiger partial charge in [0.15, 0.2) is 0 Å². The van der Waals surface area contributed by atoms with Crippen LogP contribution in [0.15, 0.2) is 0 Å². The van der Waals surface area contributed by atoms with Gasteiger partial charge in [0.2, 0.25) is 5.91 Å². The number of hydrogen-bond acceptors (Lipinski definition) is 3. The average molecular weight is 243 g/mol. The summed E-state index contributed by atoms with van der Waals surface area (Å²) >= 11 is 4.87. The average Bonchev–Trinajstić information content (AvgIpc) is 2.62. The molecule has 0 saturated carbocycles. The first-order chi connectivity index (χ1) is 7.54. The van der Waals surface area contributed by atoms with Crippen molar-refractivity contribution < 1.29 is 4.79 Å². The molecule has 1 aliphatic heterocycles. The highest BCUT2D eigenvalue weighted by Crippen LogP contribution is 2.13. The Kier molecular flexibility index (Phi) is 5.15. The predicted molar refractivity (Wildman–Crippen MR) is 69.2 cm³/mol. The lowest BCUT2D eigenvalue weighted by Crippen LogP contribution is -2.39. The Hall–Kier alpha value is -0.680. The first-order valence-corrected chi connectivity index (χ1v) is 6.21.